The van der Waals surface area contributed by atoms with E-state index in [4.69, 9.17) is 5.26 Å². The van der Waals surface area contributed by atoms with Crippen LogP contribution in [0.3, 0.4) is 0 Å². The molecule has 1 N–H and O–H groups in total. The van der Waals surface area contributed by atoms with E-state index in [1.807, 2.05) is 6.07 Å². The molecule has 1 amide bonds. The fraction of sp³-hybridized carbons (Fsp3) is 0.0588. The number of para-hydroxylation sites is 1. The van der Waals surface area contributed by atoms with Gasteiger partial charge in [-0.1, -0.05) is 12.1 Å². The van der Waals surface area contributed by atoms with Crippen molar-refractivity contribution in [1.82, 2.24) is 14.8 Å². The number of nitrogens with one attached hydrogen (secondary N) is 1. The molecule has 0 aliphatic heterocycles. The van der Waals surface area contributed by atoms with E-state index in [0.29, 0.717) is 22.6 Å². The minimum Gasteiger partial charge on any atom is -0.319 e. The first-order valence-corrected chi connectivity index (χ1v) is 7.07. The van der Waals surface area contributed by atoms with Crippen LogP contribution in [0, 0.1) is 24.1 Å². The first-order chi connectivity index (χ1) is 11.6. The molecule has 0 atom stereocenters. The summed E-state index contributed by atoms with van der Waals surface area (Å²) in [5, 5.41) is 15.5. The predicted octanol–water partition coefficient (Wildman–Crippen LogP) is 2.84. The van der Waals surface area contributed by atoms with Gasteiger partial charge in [0, 0.05) is 6.20 Å². The largest absolute Gasteiger partial charge is 0.319 e. The van der Waals surface area contributed by atoms with Crippen LogP contribution in [-0.2, 0) is 0 Å². The molecular formula is C17H12FN5O. The average Bonchev–Trinajstić information content (AvgIpc) is 2.96. The van der Waals surface area contributed by atoms with Crippen molar-refractivity contribution in [2.45, 2.75) is 6.92 Å². The zero-order valence-corrected chi connectivity index (χ0v) is 12.7. The normalized spacial score (nSPS) is 10.2. The molecule has 2 heterocycles. The minimum atomic E-state index is -0.405. The molecule has 1 aromatic carbocycles. The second-order valence-electron chi connectivity index (χ2n) is 5.00. The van der Waals surface area contributed by atoms with Gasteiger partial charge in [-0.2, -0.15) is 10.4 Å². The summed E-state index contributed by atoms with van der Waals surface area (Å²) in [4.78, 5) is 16.1. The molecule has 6 nitrogen and oxygen atoms in total. The number of amides is 1. The molecular weight excluding hydrogens is 309 g/mol. The van der Waals surface area contributed by atoms with Crippen LogP contribution in [0.1, 0.15) is 21.7 Å². The van der Waals surface area contributed by atoms with E-state index in [1.165, 1.54) is 35.3 Å². The van der Waals surface area contributed by atoms with Crippen LogP contribution in [0.15, 0.2) is 48.8 Å². The maximum Gasteiger partial charge on any atom is 0.257 e. The summed E-state index contributed by atoms with van der Waals surface area (Å²) in [6.45, 7) is 1.73. The number of hydrogen-bond acceptors (Lipinski definition) is 4. The number of benzene rings is 1. The zero-order valence-electron chi connectivity index (χ0n) is 12.7. The number of nitriles is 1. The molecule has 7 heteroatoms. The zero-order chi connectivity index (χ0) is 17.1. The molecule has 24 heavy (non-hydrogen) atoms. The van der Waals surface area contributed by atoms with E-state index in [9.17, 15) is 9.18 Å². The van der Waals surface area contributed by atoms with Crippen LogP contribution >= 0.6 is 0 Å². The first-order valence-electron chi connectivity index (χ1n) is 7.07. The number of hydrogen-bond donors (Lipinski definition) is 1. The number of nitrogens with zero attached hydrogens (tertiary/aromatic N) is 4. The fourth-order valence-electron chi connectivity index (χ4n) is 2.19. The van der Waals surface area contributed by atoms with Gasteiger partial charge in [0.2, 0.25) is 0 Å². The molecule has 0 radical (unpaired) electrons. The summed E-state index contributed by atoms with van der Waals surface area (Å²) in [6, 6.07) is 11.1. The van der Waals surface area contributed by atoms with Gasteiger partial charge in [-0.05, 0) is 31.2 Å². The Morgan fingerprint density at radius 2 is 2.04 bits per heavy atom. The van der Waals surface area contributed by atoms with E-state index in [-0.39, 0.29) is 11.6 Å². The number of pyridine rings is 1. The number of halogens is 1. The number of carbonyl (C=O) groups is 1. The van der Waals surface area contributed by atoms with Gasteiger partial charge in [0.05, 0.1) is 23.1 Å². The standard InChI is InChI=1S/C17H12FN5O/c1-11-15(10-21-23(11)16-5-3-2-4-14(16)18)22-17(24)12-6-7-13(8-19)20-9-12/h2-7,9-10H,1H3,(H,22,24). The van der Waals surface area contributed by atoms with Crippen molar-refractivity contribution in [2.24, 2.45) is 0 Å². The molecule has 0 unspecified atom stereocenters. The van der Waals surface area contributed by atoms with Crippen LogP contribution in [0.5, 0.6) is 0 Å². The van der Waals surface area contributed by atoms with Crippen LogP contribution in [-0.4, -0.2) is 20.7 Å². The van der Waals surface area contributed by atoms with Crippen molar-refractivity contribution in [1.29, 1.82) is 5.26 Å². The lowest BCUT2D eigenvalue weighted by Crippen LogP contribution is -2.13. The van der Waals surface area contributed by atoms with Gasteiger partial charge in [-0.15, -0.1) is 0 Å². The molecule has 118 valence electrons. The maximum atomic E-state index is 13.9. The molecule has 3 rings (SSSR count). The number of aromatic nitrogens is 3. The third-order valence-electron chi connectivity index (χ3n) is 3.48. The quantitative estimate of drug-likeness (QED) is 0.804. The van der Waals surface area contributed by atoms with Gasteiger partial charge in [0.1, 0.15) is 23.3 Å². The summed E-state index contributed by atoms with van der Waals surface area (Å²) in [5.74, 6) is -0.791. The molecule has 2 aromatic heterocycles. The fourth-order valence-corrected chi connectivity index (χ4v) is 2.19. The lowest BCUT2D eigenvalue weighted by molar-refractivity contribution is 0.102. The number of carbonyl (C=O) groups excluding carboxylic acids is 1. The monoisotopic (exact) mass is 321 g/mol. The van der Waals surface area contributed by atoms with E-state index >= 15 is 0 Å². The third-order valence-corrected chi connectivity index (χ3v) is 3.48. The Morgan fingerprint density at radius 3 is 2.71 bits per heavy atom. The van der Waals surface area contributed by atoms with Gasteiger partial charge < -0.3 is 5.32 Å². The molecule has 0 spiro atoms. The molecule has 0 aliphatic carbocycles. The number of rotatable bonds is 3. The topological polar surface area (TPSA) is 83.6 Å². The van der Waals surface area contributed by atoms with E-state index < -0.39 is 5.82 Å². The Labute approximate surface area is 137 Å². The van der Waals surface area contributed by atoms with Gasteiger partial charge in [-0.25, -0.2) is 14.1 Å². The smallest absolute Gasteiger partial charge is 0.257 e. The van der Waals surface area contributed by atoms with Crippen molar-refractivity contribution in [3.8, 4) is 11.8 Å². The molecule has 0 aliphatic rings. The minimum absolute atomic E-state index is 0.232. The van der Waals surface area contributed by atoms with E-state index in [1.54, 1.807) is 25.1 Å². The summed E-state index contributed by atoms with van der Waals surface area (Å²) in [6.07, 6.45) is 2.78. The third kappa shape index (κ3) is 2.85. The van der Waals surface area contributed by atoms with Gasteiger partial charge in [0.25, 0.3) is 5.91 Å². The van der Waals surface area contributed by atoms with Crippen LogP contribution < -0.4 is 5.32 Å². The van der Waals surface area contributed by atoms with Crippen molar-refractivity contribution >= 4 is 11.6 Å². The second-order valence-corrected chi connectivity index (χ2v) is 5.00. The number of anilines is 1. The van der Waals surface area contributed by atoms with Gasteiger partial charge in [-0.3, -0.25) is 4.79 Å². The Balaban J connectivity index is 1.85. The molecule has 0 saturated heterocycles. The highest BCUT2D eigenvalue weighted by atomic mass is 19.1. The lowest BCUT2D eigenvalue weighted by Gasteiger charge is -2.07. The molecule has 0 saturated carbocycles. The van der Waals surface area contributed by atoms with Crippen LogP contribution in [0.25, 0.3) is 5.69 Å². The molecule has 3 aromatic rings. The van der Waals surface area contributed by atoms with Crippen LogP contribution in [0.4, 0.5) is 10.1 Å². The van der Waals surface area contributed by atoms with Crippen molar-refractivity contribution in [3.05, 3.63) is 71.6 Å². The molecule has 0 bridgehead atoms. The Morgan fingerprint density at radius 1 is 1.25 bits per heavy atom. The maximum absolute atomic E-state index is 13.9. The Hall–Kier alpha value is -3.53. The van der Waals surface area contributed by atoms with Crippen LogP contribution in [0.2, 0.25) is 0 Å². The predicted molar refractivity (Wildman–Crippen MR) is 85.2 cm³/mol. The summed E-state index contributed by atoms with van der Waals surface area (Å²) < 4.78 is 15.3. The highest BCUT2D eigenvalue weighted by molar-refractivity contribution is 6.04. The average molecular weight is 321 g/mol. The van der Waals surface area contributed by atoms with E-state index in [0.717, 1.165) is 0 Å². The summed E-state index contributed by atoms with van der Waals surface area (Å²) >= 11 is 0. The van der Waals surface area contributed by atoms with Gasteiger partial charge >= 0.3 is 0 Å². The van der Waals surface area contributed by atoms with Gasteiger partial charge in [0.15, 0.2) is 0 Å². The SMILES string of the molecule is Cc1c(NC(=O)c2ccc(C#N)nc2)cnn1-c1ccccc1F. The Bertz CT molecular complexity index is 940. The first kappa shape index (κ1) is 15.4. The summed E-state index contributed by atoms with van der Waals surface area (Å²) in [7, 11) is 0. The van der Waals surface area contributed by atoms with Crippen molar-refractivity contribution in [2.75, 3.05) is 5.32 Å². The van der Waals surface area contributed by atoms with Crippen molar-refractivity contribution < 1.29 is 9.18 Å². The lowest BCUT2D eigenvalue weighted by atomic mass is 10.2. The highest BCUT2D eigenvalue weighted by Gasteiger charge is 2.14. The summed E-state index contributed by atoms with van der Waals surface area (Å²) in [5.41, 5.74) is 1.90. The Kier molecular flexibility index (Phi) is 4.03. The van der Waals surface area contributed by atoms with E-state index in [2.05, 4.69) is 15.4 Å². The molecule has 0 fully saturated rings. The second kappa shape index (κ2) is 6.30. The van der Waals surface area contributed by atoms with Crippen molar-refractivity contribution in [3.63, 3.8) is 0 Å². The highest BCUT2D eigenvalue weighted by Crippen LogP contribution is 2.20.